The molecule has 1 aromatic heterocycles. The molecule has 60 heavy (non-hydrogen) atoms. The first-order valence-electron chi connectivity index (χ1n) is 20.5. The normalized spacial score (nSPS) is 13.5. The van der Waals surface area contributed by atoms with Gasteiger partial charge in [0.1, 0.15) is 11.6 Å². The van der Waals surface area contributed by atoms with Crippen LogP contribution in [-0.2, 0) is 11.2 Å². The molecule has 0 radical (unpaired) electrons. The number of aryl methyl sites for hydroxylation is 1. The highest BCUT2D eigenvalue weighted by Gasteiger charge is 2.17. The summed E-state index contributed by atoms with van der Waals surface area (Å²) in [5.74, 6) is -1.21. The number of hydrogen-bond donors (Lipinski definition) is 1. The molecule has 7 aliphatic heterocycles. The van der Waals surface area contributed by atoms with Gasteiger partial charge < -0.3 is 14.9 Å². The third kappa shape index (κ3) is 9.23. The second kappa shape index (κ2) is 18.6. The van der Waals surface area contributed by atoms with Gasteiger partial charge >= 0.3 is 5.97 Å². The van der Waals surface area contributed by atoms with Gasteiger partial charge in [0.05, 0.1) is 0 Å². The van der Waals surface area contributed by atoms with Gasteiger partial charge in [-0.2, -0.15) is 5.26 Å². The van der Waals surface area contributed by atoms with Gasteiger partial charge in [-0.1, -0.05) is 129 Å². The lowest BCUT2D eigenvalue weighted by molar-refractivity contribution is -0.132. The number of thiophene rings is 1. The van der Waals surface area contributed by atoms with E-state index in [0.29, 0.717) is 0 Å². The van der Waals surface area contributed by atoms with Gasteiger partial charge in [-0.05, 0) is 131 Å². The van der Waals surface area contributed by atoms with Crippen molar-refractivity contribution in [1.29, 1.82) is 5.26 Å². The van der Waals surface area contributed by atoms with E-state index < -0.39 is 5.97 Å². The summed E-state index contributed by atoms with van der Waals surface area (Å²) in [5.41, 5.74) is 12.8. The first kappa shape index (κ1) is 39.6. The zero-order chi connectivity index (χ0) is 41.3. The van der Waals surface area contributed by atoms with Gasteiger partial charge in [0.25, 0.3) is 0 Å². The standard InChI is InChI=1S/C54H45N3O2S/c1-2-3-4-6-9-44-36-52(37-45(38-55)54(58)59)60-53(44)43-24-34-51(35-25-43)57-49-30-20-41(21-31-49)14-12-39-16-26-47(27-17-39)56(46-10-7-5-8-11-46)48-28-18-40(19-29-48)13-15-42-22-32-50(57)33-23-42/h5,7-8,10-37H,2-4,6,9H2,1H3,(H,58,59)/b14-12-,15-13-,45-37+. The monoisotopic (exact) mass is 799 g/mol. The average Bonchev–Trinajstić information content (AvgIpc) is 3.70. The van der Waals surface area contributed by atoms with Crippen LogP contribution in [0, 0.1) is 11.3 Å². The number of para-hydroxylation sites is 1. The molecule has 14 rings (SSSR count). The van der Waals surface area contributed by atoms with E-state index in [0.717, 1.165) is 97.4 Å². The molecule has 1 N–H and O–H groups in total. The molecule has 0 fully saturated rings. The van der Waals surface area contributed by atoms with Crippen molar-refractivity contribution >= 4 is 81.8 Å². The summed E-state index contributed by atoms with van der Waals surface area (Å²) >= 11 is 1.54. The highest BCUT2D eigenvalue weighted by molar-refractivity contribution is 7.16. The van der Waals surface area contributed by atoms with E-state index in [1.165, 1.54) is 29.4 Å². The number of anilines is 6. The maximum absolute atomic E-state index is 11.7. The molecule has 0 saturated heterocycles. The van der Waals surface area contributed by atoms with Gasteiger partial charge in [-0.3, -0.25) is 0 Å². The maximum Gasteiger partial charge on any atom is 0.346 e. The van der Waals surface area contributed by atoms with Crippen molar-refractivity contribution in [2.24, 2.45) is 0 Å². The topological polar surface area (TPSA) is 67.6 Å². The lowest BCUT2D eigenvalue weighted by Gasteiger charge is -2.26. The maximum atomic E-state index is 11.7. The van der Waals surface area contributed by atoms with E-state index in [-0.39, 0.29) is 5.57 Å². The molecular formula is C54H45N3O2S. The molecule has 0 aliphatic carbocycles. The van der Waals surface area contributed by atoms with Crippen LogP contribution in [0.5, 0.6) is 0 Å². The number of nitriles is 1. The number of carboxylic acids is 1. The highest BCUT2D eigenvalue weighted by atomic mass is 32.1. The zero-order valence-corrected chi connectivity index (χ0v) is 34.4. The molecular weight excluding hydrogens is 755 g/mol. The Hall–Kier alpha value is -7.20. The van der Waals surface area contributed by atoms with Crippen LogP contribution in [0.1, 0.15) is 65.3 Å². The molecule has 0 unspecified atom stereocenters. The predicted octanol–water partition coefficient (Wildman–Crippen LogP) is 15.1. The van der Waals surface area contributed by atoms with Crippen molar-refractivity contribution < 1.29 is 9.90 Å². The Morgan fingerprint density at radius 3 is 1.40 bits per heavy atom. The summed E-state index contributed by atoms with van der Waals surface area (Å²) in [7, 11) is 0. The number of nitrogens with zero attached hydrogens (tertiary/aromatic N) is 3. The lowest BCUT2D eigenvalue weighted by Crippen LogP contribution is -2.09. The van der Waals surface area contributed by atoms with Crippen LogP contribution >= 0.6 is 11.3 Å². The Kier molecular flexibility index (Phi) is 12.3. The number of hydrogen-bond acceptors (Lipinski definition) is 5. The predicted molar refractivity (Wildman–Crippen MR) is 252 cm³/mol. The van der Waals surface area contributed by atoms with Crippen molar-refractivity contribution in [2.75, 3.05) is 9.80 Å². The fourth-order valence-electron chi connectivity index (χ4n) is 7.53. The number of benzene rings is 6. The van der Waals surface area contributed by atoms with Crippen LogP contribution in [0.2, 0.25) is 0 Å². The van der Waals surface area contributed by atoms with Gasteiger partial charge in [0.15, 0.2) is 0 Å². The van der Waals surface area contributed by atoms with Crippen LogP contribution in [0.25, 0.3) is 40.8 Å². The van der Waals surface area contributed by atoms with E-state index in [9.17, 15) is 15.2 Å². The molecule has 8 bridgehead atoms. The van der Waals surface area contributed by atoms with Crippen LogP contribution < -0.4 is 9.80 Å². The van der Waals surface area contributed by atoms with Crippen molar-refractivity contribution in [3.63, 3.8) is 0 Å². The molecule has 0 saturated carbocycles. The smallest absolute Gasteiger partial charge is 0.346 e. The van der Waals surface area contributed by atoms with E-state index in [4.69, 9.17) is 0 Å². The molecule has 0 spiro atoms. The lowest BCUT2D eigenvalue weighted by atomic mass is 10.0. The molecule has 5 nitrogen and oxygen atoms in total. The number of carbonyl (C=O) groups is 1. The minimum absolute atomic E-state index is 0.262. The largest absolute Gasteiger partial charge is 0.477 e. The fourth-order valence-corrected chi connectivity index (χ4v) is 8.69. The number of rotatable bonds is 10. The summed E-state index contributed by atoms with van der Waals surface area (Å²) < 4.78 is 0. The number of carboxylic acid groups (broad SMARTS) is 1. The molecule has 7 aliphatic rings. The molecule has 0 amide bonds. The SMILES string of the molecule is CCCCCCc1cc(/C=C(\C#N)C(=O)O)sc1-c1ccc(N2c3ccc(cc3)/C=C\c3ccc(cc3)N(c3ccccc3)c3ccc(cc3)/C=C\c3ccc2cc3)cc1. The third-order valence-electron chi connectivity index (χ3n) is 10.7. The molecule has 6 aromatic carbocycles. The van der Waals surface area contributed by atoms with E-state index >= 15 is 0 Å². The summed E-state index contributed by atoms with van der Waals surface area (Å²) in [6.45, 7) is 2.20. The van der Waals surface area contributed by atoms with Crippen LogP contribution in [0.4, 0.5) is 34.1 Å². The van der Waals surface area contributed by atoms with Crippen LogP contribution in [-0.4, -0.2) is 11.1 Å². The fraction of sp³-hybridized carbons (Fsp3) is 0.111. The Bertz CT molecular complexity index is 2580. The molecule has 294 valence electrons. The quantitative estimate of drug-likeness (QED) is 0.0848. The minimum Gasteiger partial charge on any atom is -0.477 e. The summed E-state index contributed by atoms with van der Waals surface area (Å²) in [6.07, 6.45) is 15.5. The summed E-state index contributed by atoms with van der Waals surface area (Å²) in [6, 6.07) is 57.6. The average molecular weight is 800 g/mol. The zero-order valence-electron chi connectivity index (χ0n) is 33.5. The minimum atomic E-state index is -1.21. The highest BCUT2D eigenvalue weighted by Crippen LogP contribution is 2.40. The second-order valence-corrected chi connectivity index (χ2v) is 16.0. The molecule has 0 atom stereocenters. The molecule has 8 heterocycles. The third-order valence-corrected chi connectivity index (χ3v) is 11.9. The van der Waals surface area contributed by atoms with Crippen molar-refractivity contribution in [3.05, 3.63) is 196 Å². The molecule has 6 heteroatoms. The van der Waals surface area contributed by atoms with Gasteiger partial charge in [0.2, 0.25) is 0 Å². The molecule has 7 aromatic rings. The first-order valence-corrected chi connectivity index (χ1v) is 21.3. The second-order valence-electron chi connectivity index (χ2n) is 14.9. The van der Waals surface area contributed by atoms with Crippen molar-refractivity contribution in [3.8, 4) is 16.5 Å². The summed E-state index contributed by atoms with van der Waals surface area (Å²) in [5, 5.41) is 19.0. The Morgan fingerprint density at radius 2 is 1.00 bits per heavy atom. The van der Waals surface area contributed by atoms with Gasteiger partial charge in [0, 0.05) is 43.9 Å². The Labute approximate surface area is 356 Å². The van der Waals surface area contributed by atoms with Crippen LogP contribution in [0.15, 0.2) is 163 Å². The summed E-state index contributed by atoms with van der Waals surface area (Å²) in [4.78, 5) is 18.1. The number of unbranched alkanes of at least 4 members (excludes halogenated alkanes) is 3. The van der Waals surface area contributed by atoms with E-state index in [1.807, 2.05) is 12.1 Å². The van der Waals surface area contributed by atoms with E-state index in [2.05, 4.69) is 193 Å². The van der Waals surface area contributed by atoms with Crippen LogP contribution in [0.3, 0.4) is 0 Å². The number of aliphatic carboxylic acids is 1. The Balaban J connectivity index is 1.15. The van der Waals surface area contributed by atoms with Crippen molar-refractivity contribution in [1.82, 2.24) is 0 Å². The first-order chi connectivity index (χ1) is 29.4. The van der Waals surface area contributed by atoms with Crippen molar-refractivity contribution in [2.45, 2.75) is 39.0 Å². The van der Waals surface area contributed by atoms with E-state index in [1.54, 1.807) is 0 Å². The van der Waals surface area contributed by atoms with Gasteiger partial charge in [-0.15, -0.1) is 11.3 Å². The Morgan fingerprint density at radius 1 is 0.583 bits per heavy atom. The van der Waals surface area contributed by atoms with Gasteiger partial charge in [-0.25, -0.2) is 4.79 Å².